The van der Waals surface area contributed by atoms with E-state index in [0.29, 0.717) is 0 Å². The van der Waals surface area contributed by atoms with Gasteiger partial charge in [-0.25, -0.2) is 9.37 Å². The van der Waals surface area contributed by atoms with Gasteiger partial charge in [-0.3, -0.25) is 9.36 Å². The van der Waals surface area contributed by atoms with Crippen molar-refractivity contribution in [3.63, 3.8) is 0 Å². The number of hydrogen-bond donors (Lipinski definition) is 1. The van der Waals surface area contributed by atoms with Gasteiger partial charge in [0, 0.05) is 0 Å². The van der Waals surface area contributed by atoms with Crippen LogP contribution < -0.4 is 11.3 Å². The highest BCUT2D eigenvalue weighted by molar-refractivity contribution is 5.78. The van der Waals surface area contributed by atoms with E-state index in [1.807, 2.05) is 0 Å². The molecule has 0 aliphatic rings. The molecule has 3 aromatic rings. The molecule has 2 N–H and O–H groups in total. The number of benzene rings is 2. The average molecular weight is 351 g/mol. The predicted octanol–water partition coefficient (Wildman–Crippen LogP) is 3.48. The molecule has 0 saturated carbocycles. The van der Waals surface area contributed by atoms with E-state index in [4.69, 9.17) is 5.73 Å². The second-order valence-electron chi connectivity index (χ2n) is 5.51. The molecule has 25 heavy (non-hydrogen) atoms. The van der Waals surface area contributed by atoms with E-state index in [2.05, 4.69) is 4.98 Å². The van der Waals surface area contributed by atoms with Crippen molar-refractivity contribution in [2.75, 3.05) is 0 Å². The van der Waals surface area contributed by atoms with Crippen molar-refractivity contribution in [1.29, 1.82) is 0 Å². The fourth-order valence-corrected chi connectivity index (χ4v) is 2.62. The third-order valence-electron chi connectivity index (χ3n) is 3.67. The van der Waals surface area contributed by atoms with Crippen LogP contribution in [0.15, 0.2) is 53.3 Å². The molecule has 0 fully saturated rings. The van der Waals surface area contributed by atoms with Crippen LogP contribution in [0.4, 0.5) is 17.6 Å². The van der Waals surface area contributed by atoms with Crippen LogP contribution in [0, 0.1) is 5.82 Å². The first-order valence-corrected chi connectivity index (χ1v) is 7.37. The maximum absolute atomic E-state index is 14.1. The Morgan fingerprint density at radius 1 is 1.08 bits per heavy atom. The van der Waals surface area contributed by atoms with Gasteiger partial charge < -0.3 is 5.73 Å². The molecule has 130 valence electrons. The maximum atomic E-state index is 14.1. The van der Waals surface area contributed by atoms with Crippen LogP contribution in [0.25, 0.3) is 16.6 Å². The Bertz CT molecular complexity index is 967. The van der Waals surface area contributed by atoms with E-state index >= 15 is 0 Å². The Labute approximate surface area is 139 Å². The lowest BCUT2D eigenvalue weighted by Crippen LogP contribution is -2.31. The second-order valence-corrected chi connectivity index (χ2v) is 5.51. The first-order valence-electron chi connectivity index (χ1n) is 7.37. The van der Waals surface area contributed by atoms with E-state index in [1.165, 1.54) is 24.3 Å². The Hall–Kier alpha value is -2.74. The fourth-order valence-electron chi connectivity index (χ4n) is 2.62. The molecule has 0 saturated heterocycles. The highest BCUT2D eigenvalue weighted by atomic mass is 19.4. The Balaban J connectivity index is 2.33. The molecule has 0 radical (unpaired) electrons. The zero-order valence-electron chi connectivity index (χ0n) is 12.8. The Morgan fingerprint density at radius 2 is 1.76 bits per heavy atom. The quantitative estimate of drug-likeness (QED) is 0.735. The van der Waals surface area contributed by atoms with Crippen molar-refractivity contribution in [2.24, 2.45) is 5.73 Å². The van der Waals surface area contributed by atoms with Crippen LogP contribution in [-0.2, 0) is 0 Å². The molecule has 0 aliphatic carbocycles. The van der Waals surface area contributed by atoms with Crippen LogP contribution in [-0.4, -0.2) is 15.7 Å². The molecule has 4 nitrogen and oxygen atoms in total. The van der Waals surface area contributed by atoms with Gasteiger partial charge in [0.25, 0.3) is 5.56 Å². The van der Waals surface area contributed by atoms with E-state index in [0.717, 1.165) is 10.6 Å². The summed E-state index contributed by atoms with van der Waals surface area (Å²) in [6.07, 6.45) is -5.89. The van der Waals surface area contributed by atoms with Gasteiger partial charge in [0.05, 0.1) is 23.7 Å². The number of hydrogen-bond acceptors (Lipinski definition) is 3. The molecule has 3 rings (SSSR count). The SMILES string of the molecule is NC(CC(F)(F)F)c1nc2cccc(F)c2c(=O)n1-c1ccccc1. The largest absolute Gasteiger partial charge is 0.391 e. The van der Waals surface area contributed by atoms with Crippen molar-refractivity contribution in [1.82, 2.24) is 9.55 Å². The van der Waals surface area contributed by atoms with E-state index in [1.54, 1.807) is 18.2 Å². The normalized spacial score (nSPS) is 13.2. The molecular formula is C17H13F4N3O. The van der Waals surface area contributed by atoms with E-state index in [-0.39, 0.29) is 22.4 Å². The third kappa shape index (κ3) is 3.39. The number of nitrogens with two attached hydrogens (primary N) is 1. The minimum Gasteiger partial charge on any atom is -0.321 e. The first kappa shape index (κ1) is 17.1. The van der Waals surface area contributed by atoms with Gasteiger partial charge in [-0.2, -0.15) is 13.2 Å². The van der Waals surface area contributed by atoms with Gasteiger partial charge in [0.15, 0.2) is 0 Å². The van der Waals surface area contributed by atoms with Gasteiger partial charge in [-0.1, -0.05) is 24.3 Å². The Morgan fingerprint density at radius 3 is 2.40 bits per heavy atom. The summed E-state index contributed by atoms with van der Waals surface area (Å²) >= 11 is 0. The number of aromatic nitrogens is 2. The summed E-state index contributed by atoms with van der Waals surface area (Å²) in [7, 11) is 0. The van der Waals surface area contributed by atoms with Crippen LogP contribution in [0.2, 0.25) is 0 Å². The molecule has 2 aromatic carbocycles. The Kier molecular flexibility index (Phi) is 4.30. The molecule has 0 aliphatic heterocycles. The molecular weight excluding hydrogens is 338 g/mol. The van der Waals surface area contributed by atoms with E-state index in [9.17, 15) is 22.4 Å². The summed E-state index contributed by atoms with van der Waals surface area (Å²) < 4.78 is 53.3. The van der Waals surface area contributed by atoms with Crippen LogP contribution in [0.3, 0.4) is 0 Å². The van der Waals surface area contributed by atoms with Gasteiger partial charge in [0.2, 0.25) is 0 Å². The maximum Gasteiger partial charge on any atom is 0.391 e. The molecule has 8 heteroatoms. The molecule has 1 atom stereocenters. The summed E-state index contributed by atoms with van der Waals surface area (Å²) in [6, 6.07) is 10.1. The zero-order valence-corrected chi connectivity index (χ0v) is 12.8. The molecule has 0 amide bonds. The fraction of sp³-hybridized carbons (Fsp3) is 0.176. The molecule has 1 aromatic heterocycles. The molecule has 0 spiro atoms. The molecule has 1 heterocycles. The topological polar surface area (TPSA) is 60.9 Å². The summed E-state index contributed by atoms with van der Waals surface area (Å²) in [5.74, 6) is -1.07. The standard InChI is InChI=1S/C17H13F4N3O/c18-11-7-4-8-13-14(11)16(25)24(10-5-2-1-3-6-10)15(23-13)12(22)9-17(19,20)21/h1-8,12H,9,22H2. The molecule has 0 bridgehead atoms. The highest BCUT2D eigenvalue weighted by Crippen LogP contribution is 2.28. The highest BCUT2D eigenvalue weighted by Gasteiger charge is 2.33. The minimum absolute atomic E-state index is 0.0372. The predicted molar refractivity (Wildman–Crippen MR) is 84.9 cm³/mol. The number of para-hydroxylation sites is 1. The van der Waals surface area contributed by atoms with Crippen molar-refractivity contribution in [3.8, 4) is 5.69 Å². The van der Waals surface area contributed by atoms with Crippen molar-refractivity contribution < 1.29 is 17.6 Å². The van der Waals surface area contributed by atoms with Gasteiger partial charge >= 0.3 is 6.18 Å². The van der Waals surface area contributed by atoms with Crippen molar-refractivity contribution >= 4 is 10.9 Å². The van der Waals surface area contributed by atoms with Crippen LogP contribution in [0.1, 0.15) is 18.3 Å². The number of halogens is 4. The number of nitrogens with zero attached hydrogens (tertiary/aromatic N) is 2. The minimum atomic E-state index is -4.53. The van der Waals surface area contributed by atoms with Crippen LogP contribution >= 0.6 is 0 Å². The number of fused-ring (bicyclic) bond motifs is 1. The lowest BCUT2D eigenvalue weighted by atomic mass is 10.1. The summed E-state index contributed by atoms with van der Waals surface area (Å²) in [5.41, 5.74) is 5.10. The molecule has 1 unspecified atom stereocenters. The number of rotatable bonds is 3. The summed E-state index contributed by atoms with van der Waals surface area (Å²) in [6.45, 7) is 0. The van der Waals surface area contributed by atoms with Gasteiger partial charge in [0.1, 0.15) is 17.0 Å². The monoisotopic (exact) mass is 351 g/mol. The number of alkyl halides is 3. The zero-order chi connectivity index (χ0) is 18.2. The second kappa shape index (κ2) is 6.29. The van der Waals surface area contributed by atoms with Gasteiger partial charge in [-0.15, -0.1) is 0 Å². The third-order valence-corrected chi connectivity index (χ3v) is 3.67. The average Bonchev–Trinajstić information content (AvgIpc) is 2.53. The summed E-state index contributed by atoms with van der Waals surface area (Å²) in [4.78, 5) is 16.8. The van der Waals surface area contributed by atoms with Crippen molar-refractivity contribution in [2.45, 2.75) is 18.6 Å². The smallest absolute Gasteiger partial charge is 0.321 e. The summed E-state index contributed by atoms with van der Waals surface area (Å²) in [5, 5.41) is -0.297. The lowest BCUT2D eigenvalue weighted by molar-refractivity contribution is -0.139. The van der Waals surface area contributed by atoms with E-state index < -0.39 is 30.0 Å². The van der Waals surface area contributed by atoms with Gasteiger partial charge in [-0.05, 0) is 24.3 Å². The lowest BCUT2D eigenvalue weighted by Gasteiger charge is -2.19. The van der Waals surface area contributed by atoms with Crippen molar-refractivity contribution in [3.05, 3.63) is 70.5 Å². The first-order chi connectivity index (χ1) is 11.8. The van der Waals surface area contributed by atoms with Crippen LogP contribution in [0.5, 0.6) is 0 Å².